The summed E-state index contributed by atoms with van der Waals surface area (Å²) in [5, 5.41) is 14.4. The van der Waals surface area contributed by atoms with Crippen LogP contribution in [0.15, 0.2) is 18.2 Å². The molecule has 0 bridgehead atoms. The van der Waals surface area contributed by atoms with E-state index in [-0.39, 0.29) is 0 Å². The number of rotatable bonds is 3. The van der Waals surface area contributed by atoms with E-state index in [9.17, 15) is 14.7 Å². The molecular weight excluding hydrogens is 268 g/mol. The number of carboxylic acids is 1. The molecule has 5 heteroatoms. The number of hydrogen-bond donors (Lipinski definition) is 3. The van der Waals surface area contributed by atoms with Gasteiger partial charge < -0.3 is 15.7 Å². The standard InChI is InChI=1S/C16H22N2O3/c1-16(2,3)13(14(19)20)18-15(21)17-12-8-7-10-5-4-6-11(10)9-12/h7-9,13H,4-6H2,1-3H3,(H,19,20)(H2,17,18,21). The molecule has 0 saturated carbocycles. The average molecular weight is 290 g/mol. The first-order chi connectivity index (χ1) is 9.77. The molecular formula is C16H22N2O3. The third kappa shape index (κ3) is 3.74. The molecule has 0 fully saturated rings. The second-order valence-corrected chi connectivity index (χ2v) is 6.57. The van der Waals surface area contributed by atoms with Crippen LogP contribution in [0.25, 0.3) is 0 Å². The summed E-state index contributed by atoms with van der Waals surface area (Å²) in [4.78, 5) is 23.2. The number of aliphatic carboxylic acids is 1. The molecule has 1 aliphatic rings. The highest BCUT2D eigenvalue weighted by atomic mass is 16.4. The summed E-state index contributed by atoms with van der Waals surface area (Å²) in [6.45, 7) is 5.34. The fraction of sp³-hybridized carbons (Fsp3) is 0.500. The molecule has 1 unspecified atom stereocenters. The van der Waals surface area contributed by atoms with Gasteiger partial charge in [-0.15, -0.1) is 0 Å². The molecule has 1 aromatic rings. The molecule has 114 valence electrons. The third-order valence-electron chi connectivity index (χ3n) is 3.74. The maximum Gasteiger partial charge on any atom is 0.326 e. The number of hydrogen-bond acceptors (Lipinski definition) is 2. The second kappa shape index (κ2) is 5.76. The van der Waals surface area contributed by atoms with Crippen LogP contribution in [0.2, 0.25) is 0 Å². The molecule has 5 nitrogen and oxygen atoms in total. The van der Waals surface area contributed by atoms with Crippen molar-refractivity contribution in [3.8, 4) is 0 Å². The number of nitrogens with one attached hydrogen (secondary N) is 2. The van der Waals surface area contributed by atoms with Gasteiger partial charge >= 0.3 is 12.0 Å². The Labute approximate surface area is 124 Å². The van der Waals surface area contributed by atoms with Gasteiger partial charge in [0, 0.05) is 5.69 Å². The van der Waals surface area contributed by atoms with Crippen molar-refractivity contribution < 1.29 is 14.7 Å². The van der Waals surface area contributed by atoms with E-state index in [4.69, 9.17) is 0 Å². The Morgan fingerprint density at radius 3 is 2.48 bits per heavy atom. The predicted octanol–water partition coefficient (Wildman–Crippen LogP) is 2.80. The molecule has 1 atom stereocenters. The molecule has 1 aromatic carbocycles. The average Bonchev–Trinajstić information content (AvgIpc) is 2.81. The second-order valence-electron chi connectivity index (χ2n) is 6.57. The van der Waals surface area contributed by atoms with Gasteiger partial charge in [-0.1, -0.05) is 26.8 Å². The van der Waals surface area contributed by atoms with E-state index in [1.54, 1.807) is 20.8 Å². The van der Waals surface area contributed by atoms with Crippen molar-refractivity contribution in [2.75, 3.05) is 5.32 Å². The maximum atomic E-state index is 12.0. The number of carbonyl (C=O) groups excluding carboxylic acids is 1. The van der Waals surface area contributed by atoms with Crippen molar-refractivity contribution in [3.05, 3.63) is 29.3 Å². The lowest BCUT2D eigenvalue weighted by molar-refractivity contribution is -0.141. The van der Waals surface area contributed by atoms with Crippen molar-refractivity contribution in [2.45, 2.75) is 46.1 Å². The van der Waals surface area contributed by atoms with Gasteiger partial charge in [0.25, 0.3) is 0 Å². The van der Waals surface area contributed by atoms with Crippen LogP contribution in [0.5, 0.6) is 0 Å². The summed E-state index contributed by atoms with van der Waals surface area (Å²) in [5.41, 5.74) is 2.74. The number of carbonyl (C=O) groups is 2. The number of carboxylic acid groups (broad SMARTS) is 1. The van der Waals surface area contributed by atoms with Crippen LogP contribution >= 0.6 is 0 Å². The zero-order valence-corrected chi connectivity index (χ0v) is 12.7. The summed E-state index contributed by atoms with van der Waals surface area (Å²) in [5.74, 6) is -1.04. The Kier molecular flexibility index (Phi) is 4.21. The Hall–Kier alpha value is -2.04. The first kappa shape index (κ1) is 15.4. The summed E-state index contributed by atoms with van der Waals surface area (Å²) < 4.78 is 0. The summed E-state index contributed by atoms with van der Waals surface area (Å²) in [6, 6.07) is 4.42. The lowest BCUT2D eigenvalue weighted by Crippen LogP contribution is -2.50. The highest BCUT2D eigenvalue weighted by molar-refractivity contribution is 5.92. The van der Waals surface area contributed by atoms with Crippen LogP contribution in [-0.2, 0) is 17.6 Å². The zero-order chi connectivity index (χ0) is 15.6. The molecule has 0 aliphatic heterocycles. The van der Waals surface area contributed by atoms with E-state index in [2.05, 4.69) is 10.6 Å². The highest BCUT2D eigenvalue weighted by Gasteiger charge is 2.32. The Balaban J connectivity index is 2.03. The number of benzene rings is 1. The summed E-state index contributed by atoms with van der Waals surface area (Å²) in [6.07, 6.45) is 3.27. The fourth-order valence-electron chi connectivity index (χ4n) is 2.60. The van der Waals surface area contributed by atoms with Crippen LogP contribution in [0.1, 0.15) is 38.3 Å². The minimum absolute atomic E-state index is 0.490. The van der Waals surface area contributed by atoms with Crippen LogP contribution in [0, 0.1) is 5.41 Å². The largest absolute Gasteiger partial charge is 0.480 e. The topological polar surface area (TPSA) is 78.4 Å². The van der Waals surface area contributed by atoms with Crippen molar-refractivity contribution >= 4 is 17.7 Å². The predicted molar refractivity (Wildman–Crippen MR) is 81.5 cm³/mol. The van der Waals surface area contributed by atoms with Gasteiger partial charge in [0.1, 0.15) is 6.04 Å². The molecule has 0 radical (unpaired) electrons. The van der Waals surface area contributed by atoms with E-state index in [0.29, 0.717) is 5.69 Å². The monoisotopic (exact) mass is 290 g/mol. The Morgan fingerprint density at radius 2 is 1.86 bits per heavy atom. The SMILES string of the molecule is CC(C)(C)C(NC(=O)Nc1ccc2c(c1)CCC2)C(=O)O. The number of fused-ring (bicyclic) bond motifs is 1. The van der Waals surface area contributed by atoms with Crippen LogP contribution < -0.4 is 10.6 Å². The third-order valence-corrected chi connectivity index (χ3v) is 3.74. The van der Waals surface area contributed by atoms with Crippen LogP contribution in [0.4, 0.5) is 10.5 Å². The molecule has 0 heterocycles. The van der Waals surface area contributed by atoms with Crippen molar-refractivity contribution in [2.24, 2.45) is 5.41 Å². The molecule has 3 N–H and O–H groups in total. The molecule has 1 aliphatic carbocycles. The molecule has 2 amide bonds. The fourth-order valence-corrected chi connectivity index (χ4v) is 2.60. The van der Waals surface area contributed by atoms with E-state index in [1.807, 2.05) is 18.2 Å². The van der Waals surface area contributed by atoms with E-state index >= 15 is 0 Å². The van der Waals surface area contributed by atoms with Gasteiger partial charge in [0.05, 0.1) is 0 Å². The highest BCUT2D eigenvalue weighted by Crippen LogP contribution is 2.25. The van der Waals surface area contributed by atoms with Gasteiger partial charge in [-0.05, 0) is 47.9 Å². The van der Waals surface area contributed by atoms with Gasteiger partial charge in [-0.3, -0.25) is 0 Å². The quantitative estimate of drug-likeness (QED) is 0.801. The molecule has 0 spiro atoms. The van der Waals surface area contributed by atoms with Crippen LogP contribution in [-0.4, -0.2) is 23.1 Å². The Bertz CT molecular complexity index is 561. The van der Waals surface area contributed by atoms with E-state index in [1.165, 1.54) is 11.1 Å². The first-order valence-electron chi connectivity index (χ1n) is 7.19. The van der Waals surface area contributed by atoms with Crippen molar-refractivity contribution in [1.29, 1.82) is 0 Å². The smallest absolute Gasteiger partial charge is 0.326 e. The summed E-state index contributed by atoms with van der Waals surface area (Å²) >= 11 is 0. The normalized spacial score (nSPS) is 15.2. The van der Waals surface area contributed by atoms with Crippen molar-refractivity contribution in [3.63, 3.8) is 0 Å². The van der Waals surface area contributed by atoms with Crippen molar-refractivity contribution in [1.82, 2.24) is 5.32 Å². The number of anilines is 1. The number of aryl methyl sites for hydroxylation is 2. The molecule has 21 heavy (non-hydrogen) atoms. The molecule has 0 aromatic heterocycles. The van der Waals surface area contributed by atoms with Gasteiger partial charge in [0.2, 0.25) is 0 Å². The van der Waals surface area contributed by atoms with Crippen LogP contribution in [0.3, 0.4) is 0 Å². The number of amides is 2. The summed E-state index contributed by atoms with van der Waals surface area (Å²) in [7, 11) is 0. The minimum Gasteiger partial charge on any atom is -0.480 e. The lowest BCUT2D eigenvalue weighted by Gasteiger charge is -2.27. The van der Waals surface area contributed by atoms with Gasteiger partial charge in [-0.25, -0.2) is 9.59 Å². The van der Waals surface area contributed by atoms with Gasteiger partial charge in [0.15, 0.2) is 0 Å². The minimum atomic E-state index is -1.04. The van der Waals surface area contributed by atoms with E-state index < -0.39 is 23.5 Å². The maximum absolute atomic E-state index is 12.0. The zero-order valence-electron chi connectivity index (χ0n) is 12.7. The molecule has 0 saturated heterocycles. The first-order valence-corrected chi connectivity index (χ1v) is 7.19. The number of urea groups is 1. The molecule has 2 rings (SSSR count). The lowest BCUT2D eigenvalue weighted by atomic mass is 9.87. The van der Waals surface area contributed by atoms with Gasteiger partial charge in [-0.2, -0.15) is 0 Å². The Morgan fingerprint density at radius 1 is 1.19 bits per heavy atom. The van der Waals surface area contributed by atoms with E-state index in [0.717, 1.165) is 19.3 Å².